The third-order valence-electron chi connectivity index (χ3n) is 5.51. The zero-order chi connectivity index (χ0) is 12.8. The molecule has 1 saturated carbocycles. The van der Waals surface area contributed by atoms with Gasteiger partial charge in [-0.25, -0.2) is 0 Å². The van der Waals surface area contributed by atoms with Crippen LogP contribution >= 0.6 is 0 Å². The molecule has 2 atom stereocenters. The molecule has 0 N–H and O–H groups in total. The van der Waals surface area contributed by atoms with Crippen LogP contribution in [0.2, 0.25) is 0 Å². The van der Waals surface area contributed by atoms with E-state index in [1.807, 2.05) is 0 Å². The van der Waals surface area contributed by atoms with Crippen molar-refractivity contribution in [2.45, 2.75) is 72.9 Å². The molecule has 1 nitrogen and oxygen atoms in total. The van der Waals surface area contributed by atoms with E-state index in [-0.39, 0.29) is 0 Å². The average molecular weight is 237 g/mol. The minimum absolute atomic E-state index is 0.708. The van der Waals surface area contributed by atoms with Gasteiger partial charge in [-0.3, -0.25) is 4.90 Å². The van der Waals surface area contributed by atoms with Gasteiger partial charge in [-0.05, 0) is 56.3 Å². The topological polar surface area (TPSA) is 3.24 Å². The summed E-state index contributed by atoms with van der Waals surface area (Å²) in [6, 6.07) is 1.53. The summed E-state index contributed by atoms with van der Waals surface area (Å²) >= 11 is 0. The van der Waals surface area contributed by atoms with E-state index >= 15 is 0 Å². The smallest absolute Gasteiger partial charge is 0.0126 e. The summed E-state index contributed by atoms with van der Waals surface area (Å²) in [5, 5.41) is 0. The first-order valence-electron chi connectivity index (χ1n) is 7.61. The molecule has 2 unspecified atom stereocenters. The first-order chi connectivity index (χ1) is 7.85. The Balaban J connectivity index is 2.13. The summed E-state index contributed by atoms with van der Waals surface area (Å²) < 4.78 is 0. The van der Waals surface area contributed by atoms with E-state index in [1.54, 1.807) is 0 Å². The first kappa shape index (κ1) is 13.4. The molecule has 0 aromatic rings. The second-order valence-electron chi connectivity index (χ2n) is 7.58. The minimum Gasteiger partial charge on any atom is -0.297 e. The van der Waals surface area contributed by atoms with Crippen molar-refractivity contribution >= 4 is 0 Å². The summed E-state index contributed by atoms with van der Waals surface area (Å²) in [5.74, 6) is 2.68. The lowest BCUT2D eigenvalue weighted by Crippen LogP contribution is -2.59. The fraction of sp³-hybridized carbons (Fsp3) is 1.00. The molecule has 0 radical (unpaired) electrons. The van der Waals surface area contributed by atoms with Crippen molar-refractivity contribution < 1.29 is 0 Å². The van der Waals surface area contributed by atoms with Crippen LogP contribution in [-0.2, 0) is 0 Å². The predicted octanol–water partition coefficient (Wildman–Crippen LogP) is 4.18. The molecular weight excluding hydrogens is 206 g/mol. The number of likely N-dealkylation sites (tertiary alicyclic amines) is 1. The van der Waals surface area contributed by atoms with Gasteiger partial charge in [-0.15, -0.1) is 0 Å². The summed E-state index contributed by atoms with van der Waals surface area (Å²) in [5.41, 5.74) is 0.708. The Kier molecular flexibility index (Phi) is 3.60. The van der Waals surface area contributed by atoms with Crippen LogP contribution in [0, 0.1) is 23.2 Å². The van der Waals surface area contributed by atoms with Gasteiger partial charge in [0, 0.05) is 18.6 Å². The van der Waals surface area contributed by atoms with Gasteiger partial charge in [-0.2, -0.15) is 0 Å². The van der Waals surface area contributed by atoms with E-state index < -0.39 is 0 Å². The fourth-order valence-corrected chi connectivity index (χ4v) is 4.49. The van der Waals surface area contributed by atoms with Crippen molar-refractivity contribution in [1.82, 2.24) is 4.90 Å². The van der Waals surface area contributed by atoms with Crippen LogP contribution < -0.4 is 0 Å². The number of nitrogens with zero attached hydrogens (tertiary/aromatic N) is 1. The van der Waals surface area contributed by atoms with Crippen molar-refractivity contribution in [3.8, 4) is 0 Å². The summed E-state index contributed by atoms with van der Waals surface area (Å²) in [6.07, 6.45) is 4.43. The molecule has 100 valence electrons. The van der Waals surface area contributed by atoms with Gasteiger partial charge < -0.3 is 0 Å². The van der Waals surface area contributed by atoms with E-state index in [4.69, 9.17) is 0 Å². The number of hydrogen-bond acceptors (Lipinski definition) is 1. The van der Waals surface area contributed by atoms with Gasteiger partial charge in [-0.1, -0.05) is 27.7 Å². The van der Waals surface area contributed by atoms with Crippen LogP contribution in [0.3, 0.4) is 0 Å². The molecule has 2 aliphatic rings. The molecular formula is C16H31N. The zero-order valence-corrected chi connectivity index (χ0v) is 12.7. The van der Waals surface area contributed by atoms with Gasteiger partial charge in [0.25, 0.3) is 0 Å². The minimum atomic E-state index is 0.708. The monoisotopic (exact) mass is 237 g/mol. The number of rotatable bonds is 2. The number of hydrogen-bond donors (Lipinski definition) is 0. The largest absolute Gasteiger partial charge is 0.297 e. The normalized spacial score (nSPS) is 43.4. The molecule has 2 rings (SSSR count). The molecule has 1 aliphatic carbocycles. The molecule has 1 aliphatic heterocycles. The van der Waals surface area contributed by atoms with E-state index in [0.717, 1.165) is 23.8 Å². The molecule has 2 fully saturated rings. The molecule has 17 heavy (non-hydrogen) atoms. The van der Waals surface area contributed by atoms with Gasteiger partial charge in [0.2, 0.25) is 0 Å². The van der Waals surface area contributed by atoms with Crippen LogP contribution in [-0.4, -0.2) is 23.5 Å². The maximum absolute atomic E-state index is 2.77. The molecule has 1 heteroatoms. The van der Waals surface area contributed by atoms with E-state index in [0.29, 0.717) is 11.5 Å². The summed E-state index contributed by atoms with van der Waals surface area (Å²) in [4.78, 5) is 2.77. The van der Waals surface area contributed by atoms with Crippen LogP contribution in [0.25, 0.3) is 0 Å². The Hall–Kier alpha value is -0.0400. The second kappa shape index (κ2) is 4.57. The molecule has 0 aromatic carbocycles. The molecule has 1 heterocycles. The number of piperidine rings is 1. The lowest BCUT2D eigenvalue weighted by Gasteiger charge is -2.59. The Morgan fingerprint density at radius 3 is 2.00 bits per heavy atom. The second-order valence-corrected chi connectivity index (χ2v) is 7.58. The van der Waals surface area contributed by atoms with Crippen LogP contribution in [0.5, 0.6) is 0 Å². The quantitative estimate of drug-likeness (QED) is 0.696. The van der Waals surface area contributed by atoms with Crippen LogP contribution in [0.15, 0.2) is 0 Å². The molecule has 1 spiro atoms. The van der Waals surface area contributed by atoms with Crippen molar-refractivity contribution in [3.63, 3.8) is 0 Å². The third-order valence-corrected chi connectivity index (χ3v) is 5.51. The van der Waals surface area contributed by atoms with Crippen molar-refractivity contribution in [2.75, 3.05) is 6.54 Å². The van der Waals surface area contributed by atoms with Crippen molar-refractivity contribution in [2.24, 2.45) is 23.2 Å². The van der Waals surface area contributed by atoms with Crippen molar-refractivity contribution in [3.05, 3.63) is 0 Å². The van der Waals surface area contributed by atoms with E-state index in [9.17, 15) is 0 Å². The maximum atomic E-state index is 2.77. The highest BCUT2D eigenvalue weighted by atomic mass is 15.2. The Labute approximate surface area is 108 Å². The molecule has 1 saturated heterocycles. The van der Waals surface area contributed by atoms with Crippen molar-refractivity contribution in [1.29, 1.82) is 0 Å². The summed E-state index contributed by atoms with van der Waals surface area (Å²) in [7, 11) is 0. The standard InChI is InChI=1S/C16H31N/c1-11(2)15-9-16(7-13(5)8-16)14(6)10-17(15)12(3)4/h11-15H,7-10H2,1-6H3. The first-order valence-corrected chi connectivity index (χ1v) is 7.61. The summed E-state index contributed by atoms with van der Waals surface area (Å²) in [6.45, 7) is 15.8. The lowest BCUT2D eigenvalue weighted by molar-refractivity contribution is -0.0981. The van der Waals surface area contributed by atoms with Gasteiger partial charge in [0.1, 0.15) is 0 Å². The van der Waals surface area contributed by atoms with Gasteiger partial charge >= 0.3 is 0 Å². The Morgan fingerprint density at radius 2 is 1.59 bits per heavy atom. The van der Waals surface area contributed by atoms with Crippen LogP contribution in [0.1, 0.15) is 60.8 Å². The average Bonchev–Trinajstić information content (AvgIpc) is 2.18. The maximum Gasteiger partial charge on any atom is 0.0126 e. The molecule has 0 aromatic heterocycles. The Morgan fingerprint density at radius 1 is 1.00 bits per heavy atom. The molecule has 0 bridgehead atoms. The van der Waals surface area contributed by atoms with E-state index in [1.165, 1.54) is 25.8 Å². The highest BCUT2D eigenvalue weighted by Gasteiger charge is 2.51. The fourth-order valence-electron chi connectivity index (χ4n) is 4.49. The Bertz CT molecular complexity index is 263. The molecule has 0 amide bonds. The van der Waals surface area contributed by atoms with Gasteiger partial charge in [0.05, 0.1) is 0 Å². The lowest BCUT2D eigenvalue weighted by atomic mass is 9.52. The van der Waals surface area contributed by atoms with Crippen LogP contribution in [0.4, 0.5) is 0 Å². The third kappa shape index (κ3) is 2.28. The van der Waals surface area contributed by atoms with Gasteiger partial charge in [0.15, 0.2) is 0 Å². The SMILES string of the molecule is CC1CC2(C1)CC(C(C)C)N(C(C)C)CC2C. The zero-order valence-electron chi connectivity index (χ0n) is 12.7. The highest BCUT2D eigenvalue weighted by molar-refractivity contribution is 5.03. The van der Waals surface area contributed by atoms with E-state index in [2.05, 4.69) is 46.4 Å². The highest BCUT2D eigenvalue weighted by Crippen LogP contribution is 2.57. The predicted molar refractivity (Wildman–Crippen MR) is 75.1 cm³/mol.